The van der Waals surface area contributed by atoms with Crippen LogP contribution in [0.1, 0.15) is 6.92 Å². The van der Waals surface area contributed by atoms with Crippen LogP contribution in [0.5, 0.6) is 5.88 Å². The fraction of sp³-hybridized carbons (Fsp3) is 0.235. The molecule has 0 radical (unpaired) electrons. The number of oxime groups is 1. The first-order chi connectivity index (χ1) is 12.5. The highest BCUT2D eigenvalue weighted by atomic mass is 35.5. The van der Waals surface area contributed by atoms with Gasteiger partial charge < -0.3 is 14.9 Å². The molecule has 0 aliphatic heterocycles. The first-order valence-corrected chi connectivity index (χ1v) is 8.36. The van der Waals surface area contributed by atoms with E-state index in [-0.39, 0.29) is 18.2 Å². The molecule has 0 atom stereocenters. The van der Waals surface area contributed by atoms with Gasteiger partial charge in [-0.15, -0.1) is 5.10 Å². The van der Waals surface area contributed by atoms with Gasteiger partial charge in [-0.25, -0.2) is 4.68 Å². The number of nitrogens with one attached hydrogen (secondary N) is 1. The number of halogens is 2. The molecular formula is C17H18Cl2N4O3. The Bertz CT molecular complexity index is 846. The molecule has 0 saturated heterocycles. The summed E-state index contributed by atoms with van der Waals surface area (Å²) in [5.74, 6) is 0.0625. The minimum absolute atomic E-state index is 0.178. The van der Waals surface area contributed by atoms with Crippen LogP contribution in [0.25, 0.3) is 5.69 Å². The van der Waals surface area contributed by atoms with Crippen LogP contribution >= 0.6 is 23.2 Å². The average Bonchev–Trinajstić information content (AvgIpc) is 3.07. The second kappa shape index (κ2) is 9.26. The number of ether oxygens (including phenoxy) is 1. The molecule has 26 heavy (non-hydrogen) atoms. The van der Waals surface area contributed by atoms with Gasteiger partial charge >= 0.3 is 0 Å². The zero-order chi connectivity index (χ0) is 19.1. The van der Waals surface area contributed by atoms with Gasteiger partial charge in [0.1, 0.15) is 13.7 Å². The van der Waals surface area contributed by atoms with Gasteiger partial charge in [0.15, 0.2) is 5.71 Å². The smallest absolute Gasteiger partial charge is 0.273 e. The van der Waals surface area contributed by atoms with Gasteiger partial charge in [-0.1, -0.05) is 28.4 Å². The fourth-order valence-corrected chi connectivity index (χ4v) is 2.53. The summed E-state index contributed by atoms with van der Waals surface area (Å²) < 4.78 is 7.17. The summed E-state index contributed by atoms with van der Waals surface area (Å²) in [5, 5.41) is 11.6. The van der Waals surface area contributed by atoms with Crippen LogP contribution in [-0.4, -0.2) is 42.2 Å². The van der Waals surface area contributed by atoms with Crippen molar-refractivity contribution in [2.45, 2.75) is 6.92 Å². The predicted octanol–water partition coefficient (Wildman–Crippen LogP) is 3.25. The van der Waals surface area contributed by atoms with Crippen molar-refractivity contribution in [3.05, 3.63) is 52.2 Å². The van der Waals surface area contributed by atoms with Crippen molar-refractivity contribution in [3.8, 4) is 11.6 Å². The second-order valence-electron chi connectivity index (χ2n) is 5.09. The molecule has 1 heterocycles. The molecule has 0 unspecified atom stereocenters. The van der Waals surface area contributed by atoms with E-state index >= 15 is 0 Å². The van der Waals surface area contributed by atoms with Gasteiger partial charge in [-0.05, 0) is 36.8 Å². The molecule has 1 amide bonds. The van der Waals surface area contributed by atoms with Crippen molar-refractivity contribution < 1.29 is 14.4 Å². The third kappa shape index (κ3) is 5.00. The molecule has 0 spiro atoms. The van der Waals surface area contributed by atoms with Crippen molar-refractivity contribution in [1.29, 1.82) is 0 Å². The summed E-state index contributed by atoms with van der Waals surface area (Å²) in [6, 6.07) is 6.84. The third-order valence-electron chi connectivity index (χ3n) is 3.34. The first-order valence-electron chi connectivity index (χ1n) is 7.60. The van der Waals surface area contributed by atoms with Crippen molar-refractivity contribution in [2.24, 2.45) is 5.16 Å². The van der Waals surface area contributed by atoms with Gasteiger partial charge in [0.05, 0.1) is 10.7 Å². The van der Waals surface area contributed by atoms with Crippen LogP contribution in [0.3, 0.4) is 0 Å². The lowest BCUT2D eigenvalue weighted by atomic mass is 10.1. The van der Waals surface area contributed by atoms with E-state index in [0.717, 1.165) is 0 Å². The zero-order valence-electron chi connectivity index (χ0n) is 14.5. The average molecular weight is 397 g/mol. The van der Waals surface area contributed by atoms with Gasteiger partial charge in [0.25, 0.3) is 5.91 Å². The van der Waals surface area contributed by atoms with Crippen LogP contribution in [0, 0.1) is 0 Å². The number of benzene rings is 1. The van der Waals surface area contributed by atoms with Crippen LogP contribution in [0.4, 0.5) is 0 Å². The van der Waals surface area contributed by atoms with Crippen LogP contribution in [-0.2, 0) is 9.63 Å². The summed E-state index contributed by atoms with van der Waals surface area (Å²) in [6.45, 7) is 1.94. The van der Waals surface area contributed by atoms with Gasteiger partial charge in [-0.2, -0.15) is 0 Å². The van der Waals surface area contributed by atoms with E-state index in [9.17, 15) is 4.79 Å². The molecule has 0 bridgehead atoms. The molecule has 2 rings (SSSR count). The maximum Gasteiger partial charge on any atom is 0.273 e. The normalized spacial score (nSPS) is 12.0. The Morgan fingerprint density at radius 1 is 1.38 bits per heavy atom. The Labute approximate surface area is 161 Å². The number of carbonyl (C=O) groups excluding carboxylic acids is 1. The molecule has 9 heteroatoms. The Hall–Kier alpha value is -2.51. The van der Waals surface area contributed by atoms with Crippen LogP contribution < -0.4 is 10.1 Å². The fourth-order valence-electron chi connectivity index (χ4n) is 2.04. The summed E-state index contributed by atoms with van der Waals surface area (Å²) in [6.07, 6.45) is 3.44. The Morgan fingerprint density at radius 2 is 2.15 bits per heavy atom. The van der Waals surface area contributed by atoms with E-state index < -0.39 is 0 Å². The predicted molar refractivity (Wildman–Crippen MR) is 101 cm³/mol. The topological polar surface area (TPSA) is 77.7 Å². The lowest BCUT2D eigenvalue weighted by Crippen LogP contribution is -2.28. The number of carbonyl (C=O) groups is 1. The summed E-state index contributed by atoms with van der Waals surface area (Å²) in [5.41, 5.74) is 1.48. The van der Waals surface area contributed by atoms with Crippen molar-refractivity contribution in [2.75, 3.05) is 20.8 Å². The van der Waals surface area contributed by atoms with Crippen molar-refractivity contribution >= 4 is 34.8 Å². The van der Waals surface area contributed by atoms with Crippen LogP contribution in [0.15, 0.2) is 47.3 Å². The van der Waals surface area contributed by atoms with E-state index in [1.807, 2.05) is 0 Å². The number of nitrogens with zero attached hydrogens (tertiary/aromatic N) is 3. The van der Waals surface area contributed by atoms with Crippen LogP contribution in [0.2, 0.25) is 10.0 Å². The molecule has 1 N–H and O–H groups in total. The quantitative estimate of drug-likeness (QED) is 0.575. The highest BCUT2D eigenvalue weighted by Crippen LogP contribution is 2.24. The minimum atomic E-state index is -0.345. The maximum atomic E-state index is 11.8. The number of amides is 1. The molecule has 138 valence electrons. The Morgan fingerprint density at radius 3 is 2.81 bits per heavy atom. The number of hydrogen-bond donors (Lipinski definition) is 1. The molecule has 1 aromatic heterocycles. The molecule has 0 fully saturated rings. The third-order valence-corrected chi connectivity index (χ3v) is 3.88. The monoisotopic (exact) mass is 396 g/mol. The Kier molecular flexibility index (Phi) is 7.06. The molecule has 0 aliphatic rings. The lowest BCUT2D eigenvalue weighted by Gasteiger charge is -2.06. The highest BCUT2D eigenvalue weighted by Gasteiger charge is 2.12. The molecular weight excluding hydrogens is 379 g/mol. The van der Waals surface area contributed by atoms with Gasteiger partial charge in [0.2, 0.25) is 5.88 Å². The van der Waals surface area contributed by atoms with Gasteiger partial charge in [-0.3, -0.25) is 4.79 Å². The summed E-state index contributed by atoms with van der Waals surface area (Å²) >= 11 is 12.1. The Balaban J connectivity index is 2.05. The number of aromatic nitrogens is 2. The van der Waals surface area contributed by atoms with Crippen molar-refractivity contribution in [1.82, 2.24) is 15.1 Å². The zero-order valence-corrected chi connectivity index (χ0v) is 16.0. The van der Waals surface area contributed by atoms with Crippen molar-refractivity contribution in [3.63, 3.8) is 0 Å². The van der Waals surface area contributed by atoms with E-state index in [4.69, 9.17) is 32.8 Å². The van der Waals surface area contributed by atoms with Gasteiger partial charge in [0, 0.05) is 24.3 Å². The van der Waals surface area contributed by atoms with E-state index in [1.54, 1.807) is 48.1 Å². The minimum Gasteiger partial charge on any atom is -0.472 e. The molecule has 0 saturated carbocycles. The number of rotatable bonds is 7. The lowest BCUT2D eigenvalue weighted by molar-refractivity contribution is -0.114. The molecule has 2 aromatic rings. The second-order valence-corrected chi connectivity index (χ2v) is 5.94. The summed E-state index contributed by atoms with van der Waals surface area (Å²) in [4.78, 5) is 16.4. The van der Waals surface area contributed by atoms with E-state index in [1.165, 1.54) is 14.2 Å². The SMILES string of the molecule is CNC(=O)/C(=N/OC)C(C)=CCOc1ccn(-c2ccc(Cl)cc2Cl)n1. The highest BCUT2D eigenvalue weighted by molar-refractivity contribution is 6.44. The molecule has 0 aliphatic carbocycles. The largest absolute Gasteiger partial charge is 0.472 e. The first kappa shape index (κ1) is 19.8. The summed E-state index contributed by atoms with van der Waals surface area (Å²) in [7, 11) is 2.90. The van der Waals surface area contributed by atoms with E-state index in [0.29, 0.717) is 27.2 Å². The molecule has 1 aromatic carbocycles. The number of hydrogen-bond acceptors (Lipinski definition) is 5. The van der Waals surface area contributed by atoms with E-state index in [2.05, 4.69) is 15.6 Å². The molecule has 7 nitrogen and oxygen atoms in total. The standard InChI is InChI=1S/C17H18Cl2N4O3/c1-11(16(22-25-3)17(24)20-2)7-9-26-15-6-8-23(21-15)14-5-4-12(18)10-13(14)19/h4-8,10H,9H2,1-3H3,(H,20,24)/b11-7?,22-16+. The maximum absolute atomic E-state index is 11.8.